The molecule has 2 bridgehead atoms. The second kappa shape index (κ2) is 24.4. The number of fused-ring (bicyclic) bond motifs is 3. The molecule has 3 fully saturated rings. The largest absolute Gasteiger partial charge is 0.460 e. The quantitative estimate of drug-likeness (QED) is 0.149. The molecular formula is C51H79NO12. The van der Waals surface area contributed by atoms with Gasteiger partial charge in [0.2, 0.25) is 5.79 Å². The van der Waals surface area contributed by atoms with Crippen LogP contribution in [0, 0.1) is 41.4 Å². The molecule has 13 nitrogen and oxygen atoms in total. The fourth-order valence-electron chi connectivity index (χ4n) is 10.2. The van der Waals surface area contributed by atoms with E-state index >= 15 is 0 Å². The highest BCUT2D eigenvalue weighted by molar-refractivity contribution is 6.39. The van der Waals surface area contributed by atoms with Crippen molar-refractivity contribution >= 4 is 29.2 Å². The molecule has 4 rings (SSSR count). The number of hydrogen-bond acceptors (Lipinski definition) is 12. The number of Topliss-reactive ketones (excluding diaryl/α,β-unsaturated/α-hetero) is 3. The van der Waals surface area contributed by atoms with E-state index in [2.05, 4.69) is 0 Å². The number of amides is 1. The average molecular weight is 898 g/mol. The number of aliphatic hydroxyl groups excluding tert-OH is 2. The van der Waals surface area contributed by atoms with Crippen molar-refractivity contribution in [3.63, 3.8) is 0 Å². The molecule has 1 aliphatic carbocycles. The van der Waals surface area contributed by atoms with E-state index in [1.807, 2.05) is 58.1 Å². The molecule has 3 N–H and O–H groups in total. The van der Waals surface area contributed by atoms with Crippen molar-refractivity contribution in [2.75, 3.05) is 20.8 Å². The smallest absolute Gasteiger partial charge is 0.329 e. The molecule has 360 valence electrons. The number of ketones is 3. The standard InChI is InChI=1S/C51H79NO12/c1-30-16-12-11-13-17-31(2)43(61-9)28-39-21-19-36(7)51(60,64-39)48(57)49(58)52-23-15-14-18-40(52)50(59)63-44(33(4)26-38-20-22-41(53)45(27-38)62-10)29-42(54)32(3)25-35(6)47(56)37(8)46(55)34(5)24-30/h11-13,16-17,25,30,32-34,36-41,43-45,47,53,56,60H,14-15,18-24,26-29H2,1-10H3/b13-11+,16-12+,31-17+,35-25+/t30-,32-,33-,34-,36-,37+,38?,39+,40+,41-,43?,44+,45-,47-,51-/m1/s1. The Kier molecular flexibility index (Phi) is 20.4. The number of rotatable bonds is 5. The third kappa shape index (κ3) is 13.9. The van der Waals surface area contributed by atoms with E-state index in [-0.39, 0.29) is 60.7 Å². The van der Waals surface area contributed by atoms with E-state index in [0.29, 0.717) is 63.4 Å². The summed E-state index contributed by atoms with van der Waals surface area (Å²) in [6, 6.07) is -1.13. The summed E-state index contributed by atoms with van der Waals surface area (Å²) in [5.74, 6) is -8.13. The molecule has 0 aromatic carbocycles. The van der Waals surface area contributed by atoms with Crippen LogP contribution in [-0.4, -0.2) is 119 Å². The number of methoxy groups -OCH3 is 2. The van der Waals surface area contributed by atoms with Crippen molar-refractivity contribution < 1.29 is 58.2 Å². The Balaban J connectivity index is 1.69. The molecule has 0 radical (unpaired) electrons. The zero-order valence-corrected chi connectivity index (χ0v) is 40.2. The predicted molar refractivity (Wildman–Crippen MR) is 244 cm³/mol. The van der Waals surface area contributed by atoms with E-state index in [0.717, 1.165) is 12.0 Å². The highest BCUT2D eigenvalue weighted by Gasteiger charge is 2.53. The molecule has 13 heteroatoms. The minimum atomic E-state index is -2.42. The first-order valence-electron chi connectivity index (χ1n) is 23.9. The van der Waals surface area contributed by atoms with Crippen molar-refractivity contribution in [3.05, 3.63) is 47.6 Å². The maximum absolute atomic E-state index is 14.3. The minimum absolute atomic E-state index is 0.0679. The monoisotopic (exact) mass is 898 g/mol. The van der Waals surface area contributed by atoms with Gasteiger partial charge in [0.25, 0.3) is 11.7 Å². The number of hydrogen-bond donors (Lipinski definition) is 3. The van der Waals surface area contributed by atoms with Gasteiger partial charge in [0.15, 0.2) is 0 Å². The van der Waals surface area contributed by atoms with Crippen molar-refractivity contribution in [2.24, 2.45) is 41.4 Å². The van der Waals surface area contributed by atoms with E-state index < -0.39 is 77.8 Å². The summed E-state index contributed by atoms with van der Waals surface area (Å²) in [7, 11) is 3.15. The number of piperidine rings is 1. The summed E-state index contributed by atoms with van der Waals surface area (Å²) in [5.41, 5.74) is 1.39. The number of allylic oxidation sites excluding steroid dienone is 6. The Labute approximate surface area is 382 Å². The Bertz CT molecular complexity index is 1740. The molecule has 3 heterocycles. The van der Waals surface area contributed by atoms with Gasteiger partial charge in [-0.3, -0.25) is 19.2 Å². The van der Waals surface area contributed by atoms with Gasteiger partial charge in [-0.2, -0.15) is 0 Å². The van der Waals surface area contributed by atoms with Gasteiger partial charge in [-0.15, -0.1) is 0 Å². The normalized spacial score (nSPS) is 40.9. The van der Waals surface area contributed by atoms with Crippen LogP contribution in [0.25, 0.3) is 0 Å². The van der Waals surface area contributed by atoms with Gasteiger partial charge in [-0.25, -0.2) is 4.79 Å². The Hall–Kier alpha value is -3.33. The van der Waals surface area contributed by atoms with E-state index in [1.54, 1.807) is 48.0 Å². The molecule has 2 saturated heterocycles. The van der Waals surface area contributed by atoms with Crippen LogP contribution in [0.3, 0.4) is 0 Å². The SMILES string of the molecule is COC1C[C@@H]2CC[C@@H](C)[C@@](O)(O2)C(=O)C(=O)N2CCCC[C@H]2C(=O)O[C@H]([C@H](C)CC2CC[C@@H](O)[C@H](OC)C2)CC(=O)[C@H](C)/C=C(\C)[C@@H](O)[C@@H](C)C(=O)[C@H](C)C[C@H](C)/C=C/C=C/C=C/1C. The summed E-state index contributed by atoms with van der Waals surface area (Å²) >= 11 is 0. The molecule has 0 aromatic heterocycles. The number of carbonyl (C=O) groups is 5. The number of carbonyl (C=O) groups excluding carboxylic acids is 5. The van der Waals surface area contributed by atoms with Crippen LogP contribution < -0.4 is 0 Å². The summed E-state index contributed by atoms with van der Waals surface area (Å²) < 4.78 is 23.8. The third-order valence-corrected chi connectivity index (χ3v) is 14.6. The average Bonchev–Trinajstić information content (AvgIpc) is 3.27. The van der Waals surface area contributed by atoms with Gasteiger partial charge in [-0.05, 0) is 107 Å². The molecule has 0 aromatic rings. The number of cyclic esters (lactones) is 1. The first-order valence-corrected chi connectivity index (χ1v) is 23.9. The number of nitrogens with zero attached hydrogens (tertiary/aromatic N) is 1. The van der Waals surface area contributed by atoms with Gasteiger partial charge >= 0.3 is 5.97 Å². The van der Waals surface area contributed by atoms with E-state index in [4.69, 9.17) is 18.9 Å². The molecule has 1 saturated carbocycles. The topological polar surface area (TPSA) is 186 Å². The molecule has 0 spiro atoms. The Morgan fingerprint density at radius 3 is 2.27 bits per heavy atom. The molecule has 3 aliphatic heterocycles. The van der Waals surface area contributed by atoms with E-state index in [1.165, 1.54) is 4.90 Å². The van der Waals surface area contributed by atoms with Gasteiger partial charge in [0.1, 0.15) is 23.7 Å². The van der Waals surface area contributed by atoms with Crippen molar-refractivity contribution in [1.82, 2.24) is 4.90 Å². The molecular weight excluding hydrogens is 819 g/mol. The Morgan fingerprint density at radius 1 is 0.859 bits per heavy atom. The zero-order chi connectivity index (χ0) is 47.5. The molecule has 2 unspecified atom stereocenters. The molecule has 4 aliphatic rings. The Morgan fingerprint density at radius 2 is 1.58 bits per heavy atom. The van der Waals surface area contributed by atoms with Crippen molar-refractivity contribution in [2.45, 2.75) is 181 Å². The number of aliphatic hydroxyl groups is 3. The number of ether oxygens (including phenoxy) is 4. The minimum Gasteiger partial charge on any atom is -0.460 e. The van der Waals surface area contributed by atoms with Crippen LogP contribution in [0.2, 0.25) is 0 Å². The summed E-state index contributed by atoms with van der Waals surface area (Å²) in [6.07, 6.45) is 13.0. The van der Waals surface area contributed by atoms with Gasteiger partial charge in [0.05, 0.1) is 30.5 Å². The van der Waals surface area contributed by atoms with Crippen LogP contribution in [-0.2, 0) is 42.9 Å². The predicted octanol–water partition coefficient (Wildman–Crippen LogP) is 6.80. The maximum atomic E-state index is 14.3. The summed E-state index contributed by atoms with van der Waals surface area (Å²) in [6.45, 7) is 14.7. The van der Waals surface area contributed by atoms with Crippen LogP contribution in [0.15, 0.2) is 47.6 Å². The fourth-order valence-corrected chi connectivity index (χ4v) is 10.2. The van der Waals surface area contributed by atoms with Crippen molar-refractivity contribution in [1.29, 1.82) is 0 Å². The molecule has 1 amide bonds. The lowest BCUT2D eigenvalue weighted by molar-refractivity contribution is -0.265. The van der Waals surface area contributed by atoms with E-state index in [9.17, 15) is 39.3 Å². The van der Waals surface area contributed by atoms with Crippen LogP contribution in [0.5, 0.6) is 0 Å². The zero-order valence-electron chi connectivity index (χ0n) is 40.2. The van der Waals surface area contributed by atoms with Crippen LogP contribution in [0.4, 0.5) is 0 Å². The van der Waals surface area contributed by atoms with Gasteiger partial charge < -0.3 is 39.2 Å². The maximum Gasteiger partial charge on any atom is 0.329 e. The van der Waals surface area contributed by atoms with Gasteiger partial charge in [-0.1, -0.05) is 78.0 Å². The molecule has 15 atom stereocenters. The highest BCUT2D eigenvalue weighted by atomic mass is 16.6. The summed E-state index contributed by atoms with van der Waals surface area (Å²) in [4.78, 5) is 71.6. The molecule has 64 heavy (non-hydrogen) atoms. The third-order valence-electron chi connectivity index (χ3n) is 14.6. The highest BCUT2D eigenvalue weighted by Crippen LogP contribution is 2.38. The summed E-state index contributed by atoms with van der Waals surface area (Å²) in [5, 5.41) is 33.8. The lowest BCUT2D eigenvalue weighted by Gasteiger charge is -2.42. The lowest BCUT2D eigenvalue weighted by Crippen LogP contribution is -2.61. The van der Waals surface area contributed by atoms with Crippen LogP contribution in [0.1, 0.15) is 132 Å². The van der Waals surface area contributed by atoms with Gasteiger partial charge in [0, 0.05) is 57.3 Å². The van der Waals surface area contributed by atoms with Crippen LogP contribution >= 0.6 is 0 Å². The first kappa shape index (κ1) is 53.3. The second-order valence-electron chi connectivity index (χ2n) is 19.7. The van der Waals surface area contributed by atoms with Crippen molar-refractivity contribution in [3.8, 4) is 0 Å². The fraction of sp³-hybridized carbons (Fsp3) is 0.745. The number of esters is 1. The lowest BCUT2D eigenvalue weighted by atomic mass is 9.78. The first-order chi connectivity index (χ1) is 30.2. The second-order valence-corrected chi connectivity index (χ2v) is 19.7.